The smallest absolute Gasteiger partial charge is 0.0138 e. The normalized spacial score (nSPS) is 19.3. The van der Waals surface area contributed by atoms with Gasteiger partial charge in [0.2, 0.25) is 0 Å². The highest BCUT2D eigenvalue weighted by Crippen LogP contribution is 2.40. The molecule has 1 aromatic rings. The molecule has 2 unspecified atom stereocenters. The van der Waals surface area contributed by atoms with E-state index in [1.165, 1.54) is 37.1 Å². The maximum atomic E-state index is 3.63. The second-order valence-electron chi connectivity index (χ2n) is 6.49. The van der Waals surface area contributed by atoms with E-state index in [0.29, 0.717) is 0 Å². The number of rotatable bonds is 8. The Morgan fingerprint density at radius 2 is 2.10 bits per heavy atom. The van der Waals surface area contributed by atoms with Crippen LogP contribution in [0.25, 0.3) is 0 Å². The van der Waals surface area contributed by atoms with Gasteiger partial charge in [0.25, 0.3) is 0 Å². The first kappa shape index (κ1) is 15.9. The summed E-state index contributed by atoms with van der Waals surface area (Å²) >= 11 is 2.10. The molecule has 0 amide bonds. The first-order valence-electron chi connectivity index (χ1n) is 8.14. The maximum absolute atomic E-state index is 3.63. The first-order chi connectivity index (χ1) is 9.69. The Hall–Kier alpha value is -0.470. The van der Waals surface area contributed by atoms with E-state index < -0.39 is 0 Å². The second-order valence-corrected chi connectivity index (χ2v) is 7.83. The van der Waals surface area contributed by atoms with Crippen molar-refractivity contribution in [1.82, 2.24) is 5.32 Å². The lowest BCUT2D eigenvalue weighted by Gasteiger charge is -2.22. The minimum Gasteiger partial charge on any atom is -0.316 e. The summed E-state index contributed by atoms with van der Waals surface area (Å²) in [5.41, 5.74) is 1.56. The summed E-state index contributed by atoms with van der Waals surface area (Å²) < 4.78 is 0. The molecule has 1 aromatic carbocycles. The van der Waals surface area contributed by atoms with Gasteiger partial charge in [-0.05, 0) is 62.2 Å². The van der Waals surface area contributed by atoms with Crippen molar-refractivity contribution < 1.29 is 0 Å². The molecule has 0 bridgehead atoms. The SMILES string of the molecule is CCCNCC(CC(C)C)CC1Cc2ccccc2S1. The fraction of sp³-hybridized carbons (Fsp3) is 0.667. The monoisotopic (exact) mass is 291 g/mol. The second kappa shape index (κ2) is 8.09. The molecule has 112 valence electrons. The predicted molar refractivity (Wildman–Crippen MR) is 90.5 cm³/mol. The molecular weight excluding hydrogens is 262 g/mol. The number of thioether (sulfide) groups is 1. The molecule has 0 radical (unpaired) electrons. The Bertz CT molecular complexity index is 377. The van der Waals surface area contributed by atoms with Crippen LogP contribution in [0.5, 0.6) is 0 Å². The summed E-state index contributed by atoms with van der Waals surface area (Å²) in [6.45, 7) is 9.30. The largest absolute Gasteiger partial charge is 0.316 e. The van der Waals surface area contributed by atoms with Gasteiger partial charge in [0.05, 0.1) is 0 Å². The summed E-state index contributed by atoms with van der Waals surface area (Å²) in [7, 11) is 0. The minimum absolute atomic E-state index is 0.791. The zero-order valence-corrected chi connectivity index (χ0v) is 14.0. The molecule has 1 N–H and O–H groups in total. The van der Waals surface area contributed by atoms with Gasteiger partial charge in [0.15, 0.2) is 0 Å². The van der Waals surface area contributed by atoms with Gasteiger partial charge in [0, 0.05) is 10.1 Å². The van der Waals surface area contributed by atoms with Crippen molar-refractivity contribution in [2.45, 2.75) is 56.6 Å². The van der Waals surface area contributed by atoms with Crippen LogP contribution in [0.3, 0.4) is 0 Å². The Labute approximate surface area is 128 Å². The fourth-order valence-corrected chi connectivity index (χ4v) is 4.62. The summed E-state index contributed by atoms with van der Waals surface area (Å²) in [6.07, 6.45) is 5.21. The molecule has 0 spiro atoms. The van der Waals surface area contributed by atoms with Crippen LogP contribution in [0, 0.1) is 11.8 Å². The van der Waals surface area contributed by atoms with Crippen LogP contribution in [0.4, 0.5) is 0 Å². The molecule has 0 fully saturated rings. The Morgan fingerprint density at radius 1 is 1.30 bits per heavy atom. The molecule has 0 aliphatic carbocycles. The third-order valence-electron chi connectivity index (χ3n) is 3.97. The number of hydrogen-bond donors (Lipinski definition) is 1. The average molecular weight is 292 g/mol. The third-order valence-corrected chi connectivity index (χ3v) is 5.32. The van der Waals surface area contributed by atoms with Crippen molar-refractivity contribution >= 4 is 11.8 Å². The summed E-state index contributed by atoms with van der Waals surface area (Å²) in [5, 5.41) is 4.42. The van der Waals surface area contributed by atoms with Gasteiger partial charge < -0.3 is 5.32 Å². The molecule has 20 heavy (non-hydrogen) atoms. The van der Waals surface area contributed by atoms with Crippen molar-refractivity contribution in [3.8, 4) is 0 Å². The van der Waals surface area contributed by atoms with E-state index in [4.69, 9.17) is 0 Å². The average Bonchev–Trinajstić information content (AvgIpc) is 2.80. The molecular formula is C18H29NS. The van der Waals surface area contributed by atoms with Gasteiger partial charge in [-0.2, -0.15) is 0 Å². The highest BCUT2D eigenvalue weighted by Gasteiger charge is 2.25. The van der Waals surface area contributed by atoms with Crippen molar-refractivity contribution in [2.24, 2.45) is 11.8 Å². The van der Waals surface area contributed by atoms with Crippen molar-refractivity contribution in [2.75, 3.05) is 13.1 Å². The van der Waals surface area contributed by atoms with E-state index in [1.807, 2.05) is 0 Å². The molecule has 2 heteroatoms. The molecule has 1 aliphatic heterocycles. The summed E-state index contributed by atoms with van der Waals surface area (Å²) in [4.78, 5) is 1.52. The Morgan fingerprint density at radius 3 is 2.80 bits per heavy atom. The van der Waals surface area contributed by atoms with Gasteiger partial charge in [-0.25, -0.2) is 0 Å². The van der Waals surface area contributed by atoms with Gasteiger partial charge in [-0.15, -0.1) is 11.8 Å². The van der Waals surface area contributed by atoms with Crippen LogP contribution in [-0.2, 0) is 6.42 Å². The lowest BCUT2D eigenvalue weighted by Crippen LogP contribution is -2.27. The first-order valence-corrected chi connectivity index (χ1v) is 9.02. The lowest BCUT2D eigenvalue weighted by atomic mass is 9.91. The zero-order valence-electron chi connectivity index (χ0n) is 13.2. The van der Waals surface area contributed by atoms with Crippen molar-refractivity contribution in [3.63, 3.8) is 0 Å². The zero-order chi connectivity index (χ0) is 14.4. The molecule has 0 saturated heterocycles. The van der Waals surface area contributed by atoms with Gasteiger partial charge >= 0.3 is 0 Å². The number of nitrogens with one attached hydrogen (secondary N) is 1. The van der Waals surface area contributed by atoms with E-state index in [1.54, 1.807) is 5.56 Å². The van der Waals surface area contributed by atoms with E-state index in [2.05, 4.69) is 62.1 Å². The van der Waals surface area contributed by atoms with Crippen LogP contribution in [0.15, 0.2) is 29.2 Å². The van der Waals surface area contributed by atoms with Gasteiger partial charge in [-0.1, -0.05) is 39.0 Å². The highest BCUT2D eigenvalue weighted by molar-refractivity contribution is 8.00. The molecule has 1 aliphatic rings. The Balaban J connectivity index is 1.85. The standard InChI is InChI=1S/C18H29NS/c1-4-9-19-13-15(10-14(2)3)11-17-12-16-7-5-6-8-18(16)20-17/h5-8,14-15,17,19H,4,9-13H2,1-3H3. The maximum Gasteiger partial charge on any atom is 0.0138 e. The number of fused-ring (bicyclic) bond motifs is 1. The van der Waals surface area contributed by atoms with Crippen molar-refractivity contribution in [1.29, 1.82) is 0 Å². The van der Waals surface area contributed by atoms with E-state index in [-0.39, 0.29) is 0 Å². The van der Waals surface area contributed by atoms with Gasteiger partial charge in [0.1, 0.15) is 0 Å². The number of benzene rings is 1. The lowest BCUT2D eigenvalue weighted by molar-refractivity contribution is 0.364. The minimum atomic E-state index is 0.791. The third kappa shape index (κ3) is 4.82. The molecule has 2 rings (SSSR count). The Kier molecular flexibility index (Phi) is 6.44. The molecule has 0 saturated carbocycles. The summed E-state index contributed by atoms with van der Waals surface area (Å²) in [6, 6.07) is 8.93. The number of hydrogen-bond acceptors (Lipinski definition) is 2. The van der Waals surface area contributed by atoms with Crippen LogP contribution in [-0.4, -0.2) is 18.3 Å². The molecule has 2 atom stereocenters. The van der Waals surface area contributed by atoms with Crippen LogP contribution in [0.1, 0.15) is 45.6 Å². The van der Waals surface area contributed by atoms with Gasteiger partial charge in [-0.3, -0.25) is 0 Å². The topological polar surface area (TPSA) is 12.0 Å². The van der Waals surface area contributed by atoms with E-state index in [9.17, 15) is 0 Å². The molecule has 1 nitrogen and oxygen atoms in total. The summed E-state index contributed by atoms with van der Waals surface area (Å²) in [5.74, 6) is 1.63. The molecule has 0 aromatic heterocycles. The molecule has 1 heterocycles. The van der Waals surface area contributed by atoms with Crippen LogP contribution < -0.4 is 5.32 Å². The van der Waals surface area contributed by atoms with Crippen LogP contribution >= 0.6 is 11.8 Å². The fourth-order valence-electron chi connectivity index (χ4n) is 3.17. The van der Waals surface area contributed by atoms with Crippen molar-refractivity contribution in [3.05, 3.63) is 29.8 Å². The van der Waals surface area contributed by atoms with Crippen LogP contribution in [0.2, 0.25) is 0 Å². The predicted octanol–water partition coefficient (Wildman–Crippen LogP) is 4.76. The quantitative estimate of drug-likeness (QED) is 0.693. The highest BCUT2D eigenvalue weighted by atomic mass is 32.2. The van der Waals surface area contributed by atoms with E-state index >= 15 is 0 Å². The van der Waals surface area contributed by atoms with E-state index in [0.717, 1.165) is 23.6 Å².